The maximum Gasteiger partial charge on any atom is 0.0704 e. The average molecular weight is 213 g/mol. The maximum absolute atomic E-state index is 5.86. The molecule has 2 aliphatic heterocycles. The van der Waals surface area contributed by atoms with Gasteiger partial charge < -0.3 is 14.4 Å². The lowest BCUT2D eigenvalue weighted by Crippen LogP contribution is -2.60. The summed E-state index contributed by atoms with van der Waals surface area (Å²) in [6.07, 6.45) is 1.90. The van der Waals surface area contributed by atoms with Crippen molar-refractivity contribution in [2.75, 3.05) is 33.4 Å². The molecule has 3 nitrogen and oxygen atoms in total. The van der Waals surface area contributed by atoms with E-state index in [9.17, 15) is 0 Å². The molecule has 0 aromatic rings. The van der Waals surface area contributed by atoms with Crippen molar-refractivity contribution in [3.8, 4) is 0 Å². The van der Waals surface area contributed by atoms with Gasteiger partial charge in [-0.05, 0) is 32.1 Å². The van der Waals surface area contributed by atoms with Crippen molar-refractivity contribution in [3.63, 3.8) is 0 Å². The van der Waals surface area contributed by atoms with E-state index in [4.69, 9.17) is 9.47 Å². The van der Waals surface area contributed by atoms with Crippen molar-refractivity contribution in [2.24, 2.45) is 11.8 Å². The van der Waals surface area contributed by atoms with Crippen LogP contribution in [0.3, 0.4) is 0 Å². The van der Waals surface area contributed by atoms with Crippen molar-refractivity contribution >= 4 is 0 Å². The number of ether oxygens (including phenoxy) is 2. The van der Waals surface area contributed by atoms with E-state index in [0.717, 1.165) is 25.0 Å². The second-order valence-corrected chi connectivity index (χ2v) is 5.13. The van der Waals surface area contributed by atoms with Gasteiger partial charge in [0.15, 0.2) is 0 Å². The summed E-state index contributed by atoms with van der Waals surface area (Å²) in [4.78, 5) is 2.58. The fourth-order valence-corrected chi connectivity index (χ4v) is 2.84. The Morgan fingerprint density at radius 3 is 2.40 bits per heavy atom. The summed E-state index contributed by atoms with van der Waals surface area (Å²) < 4.78 is 10.9. The molecule has 88 valence electrons. The van der Waals surface area contributed by atoms with Crippen molar-refractivity contribution in [1.29, 1.82) is 0 Å². The SMILES string of the molecule is COCCOC1C2CC1CN(C(C)C)C2. The number of hydrogen-bond acceptors (Lipinski definition) is 3. The zero-order valence-corrected chi connectivity index (χ0v) is 10.1. The van der Waals surface area contributed by atoms with Gasteiger partial charge in [0, 0.05) is 26.2 Å². The average Bonchev–Trinajstić information content (AvgIpc) is 2.24. The maximum atomic E-state index is 5.86. The number of hydrogen-bond donors (Lipinski definition) is 0. The molecule has 0 aromatic heterocycles. The first-order valence-corrected chi connectivity index (χ1v) is 6.07. The number of methoxy groups -OCH3 is 1. The fourth-order valence-electron chi connectivity index (χ4n) is 2.84. The van der Waals surface area contributed by atoms with Gasteiger partial charge in [0.2, 0.25) is 0 Å². The van der Waals surface area contributed by atoms with E-state index >= 15 is 0 Å². The van der Waals surface area contributed by atoms with Gasteiger partial charge in [0.05, 0.1) is 19.3 Å². The summed E-state index contributed by atoms with van der Waals surface area (Å²) >= 11 is 0. The third-order valence-corrected chi connectivity index (χ3v) is 3.80. The molecular formula is C12H23NO2. The Bertz CT molecular complexity index is 196. The monoisotopic (exact) mass is 213 g/mol. The van der Waals surface area contributed by atoms with Crippen LogP contribution in [0, 0.1) is 11.8 Å². The van der Waals surface area contributed by atoms with Crippen molar-refractivity contribution in [2.45, 2.75) is 32.4 Å². The number of fused-ring (bicyclic) bond motifs is 2. The molecule has 2 atom stereocenters. The summed E-state index contributed by atoms with van der Waals surface area (Å²) in [5.41, 5.74) is 0. The van der Waals surface area contributed by atoms with Crippen LogP contribution in [0.25, 0.3) is 0 Å². The summed E-state index contributed by atoms with van der Waals surface area (Å²) in [5, 5.41) is 0. The fraction of sp³-hybridized carbons (Fsp3) is 1.00. The van der Waals surface area contributed by atoms with E-state index in [2.05, 4.69) is 18.7 Å². The van der Waals surface area contributed by atoms with Gasteiger partial charge in [-0.1, -0.05) is 0 Å². The summed E-state index contributed by atoms with van der Waals surface area (Å²) in [7, 11) is 1.73. The first-order chi connectivity index (χ1) is 7.22. The van der Waals surface area contributed by atoms with E-state index in [1.54, 1.807) is 7.11 Å². The van der Waals surface area contributed by atoms with Gasteiger partial charge in [-0.25, -0.2) is 0 Å². The molecule has 1 saturated carbocycles. The Kier molecular flexibility index (Phi) is 3.65. The molecule has 3 aliphatic rings. The molecule has 3 heteroatoms. The predicted molar refractivity (Wildman–Crippen MR) is 59.9 cm³/mol. The van der Waals surface area contributed by atoms with Crippen molar-refractivity contribution in [1.82, 2.24) is 4.90 Å². The van der Waals surface area contributed by atoms with Crippen LogP contribution in [0.2, 0.25) is 0 Å². The van der Waals surface area contributed by atoms with Crippen LogP contribution in [0.5, 0.6) is 0 Å². The quantitative estimate of drug-likeness (QED) is 0.644. The molecule has 1 aliphatic carbocycles. The third-order valence-electron chi connectivity index (χ3n) is 3.80. The molecule has 2 heterocycles. The Morgan fingerprint density at radius 2 is 1.87 bits per heavy atom. The Morgan fingerprint density at radius 1 is 1.20 bits per heavy atom. The molecule has 0 spiro atoms. The van der Waals surface area contributed by atoms with Gasteiger partial charge in [-0.2, -0.15) is 0 Å². The van der Waals surface area contributed by atoms with Gasteiger partial charge in [0.25, 0.3) is 0 Å². The highest BCUT2D eigenvalue weighted by Gasteiger charge is 2.47. The largest absolute Gasteiger partial charge is 0.382 e. The van der Waals surface area contributed by atoms with Crippen LogP contribution in [0.1, 0.15) is 20.3 Å². The minimum Gasteiger partial charge on any atom is -0.382 e. The number of rotatable bonds is 5. The Hall–Kier alpha value is -0.120. The highest BCUT2D eigenvalue weighted by atomic mass is 16.5. The molecule has 2 saturated heterocycles. The van der Waals surface area contributed by atoms with Crippen LogP contribution in [0.15, 0.2) is 0 Å². The van der Waals surface area contributed by atoms with E-state index in [1.807, 2.05) is 0 Å². The Balaban J connectivity index is 1.74. The molecule has 3 fully saturated rings. The smallest absolute Gasteiger partial charge is 0.0704 e. The molecule has 0 N–H and O–H groups in total. The lowest BCUT2D eigenvalue weighted by Gasteiger charge is -2.54. The first-order valence-electron chi connectivity index (χ1n) is 6.07. The molecule has 0 radical (unpaired) electrons. The van der Waals surface area contributed by atoms with Gasteiger partial charge >= 0.3 is 0 Å². The van der Waals surface area contributed by atoms with E-state index < -0.39 is 0 Å². The molecule has 2 unspecified atom stereocenters. The van der Waals surface area contributed by atoms with E-state index in [-0.39, 0.29) is 0 Å². The first kappa shape index (κ1) is 11.4. The van der Waals surface area contributed by atoms with Crippen LogP contribution in [-0.4, -0.2) is 50.5 Å². The predicted octanol–water partition coefficient (Wildman–Crippen LogP) is 1.38. The van der Waals surface area contributed by atoms with Crippen molar-refractivity contribution in [3.05, 3.63) is 0 Å². The van der Waals surface area contributed by atoms with Crippen LogP contribution >= 0.6 is 0 Å². The van der Waals surface area contributed by atoms with Crippen molar-refractivity contribution < 1.29 is 9.47 Å². The van der Waals surface area contributed by atoms with Crippen LogP contribution in [-0.2, 0) is 9.47 Å². The highest BCUT2D eigenvalue weighted by molar-refractivity contribution is 4.99. The standard InChI is InChI=1S/C12H23NO2/c1-9(2)13-7-10-6-11(8-13)12(10)15-5-4-14-3/h9-12H,4-8H2,1-3H3. The molecule has 0 aromatic carbocycles. The summed E-state index contributed by atoms with van der Waals surface area (Å²) in [6.45, 7) is 8.51. The molecular weight excluding hydrogens is 190 g/mol. The molecule has 15 heavy (non-hydrogen) atoms. The zero-order chi connectivity index (χ0) is 10.8. The summed E-state index contributed by atoms with van der Waals surface area (Å²) in [5.74, 6) is 1.56. The van der Waals surface area contributed by atoms with E-state index in [0.29, 0.717) is 12.1 Å². The van der Waals surface area contributed by atoms with Crippen LogP contribution in [0.4, 0.5) is 0 Å². The minimum atomic E-state index is 0.523. The summed E-state index contributed by atoms with van der Waals surface area (Å²) in [6, 6.07) is 0.690. The van der Waals surface area contributed by atoms with Crippen LogP contribution < -0.4 is 0 Å². The van der Waals surface area contributed by atoms with Gasteiger partial charge in [-0.3, -0.25) is 0 Å². The lowest BCUT2D eigenvalue weighted by atomic mass is 9.67. The third kappa shape index (κ3) is 2.35. The molecule has 2 bridgehead atoms. The number of piperidine rings is 2. The number of nitrogens with zero attached hydrogens (tertiary/aromatic N) is 1. The lowest BCUT2D eigenvalue weighted by molar-refractivity contribution is -0.153. The zero-order valence-electron chi connectivity index (χ0n) is 10.1. The highest BCUT2D eigenvalue weighted by Crippen LogP contribution is 2.42. The van der Waals surface area contributed by atoms with E-state index in [1.165, 1.54) is 19.5 Å². The second kappa shape index (κ2) is 4.81. The topological polar surface area (TPSA) is 21.7 Å². The second-order valence-electron chi connectivity index (χ2n) is 5.13. The molecule has 3 rings (SSSR count). The Labute approximate surface area is 92.7 Å². The van der Waals surface area contributed by atoms with Gasteiger partial charge in [0.1, 0.15) is 0 Å². The normalized spacial score (nSPS) is 35.6. The van der Waals surface area contributed by atoms with Gasteiger partial charge in [-0.15, -0.1) is 0 Å². The minimum absolute atomic E-state index is 0.523. The molecule has 0 amide bonds.